The summed E-state index contributed by atoms with van der Waals surface area (Å²) >= 11 is 0. The van der Waals surface area contributed by atoms with Crippen molar-refractivity contribution in [2.24, 2.45) is 5.92 Å². The largest absolute Gasteiger partial charge is 0.508 e. The average Bonchev–Trinajstić information content (AvgIpc) is 2.73. The predicted octanol–water partition coefficient (Wildman–Crippen LogP) is 3.91. The van der Waals surface area contributed by atoms with Gasteiger partial charge in [0.25, 0.3) is 5.91 Å². The summed E-state index contributed by atoms with van der Waals surface area (Å²) in [5, 5.41) is 10.1. The number of likely N-dealkylation sites (tertiary alicyclic amines) is 1. The summed E-state index contributed by atoms with van der Waals surface area (Å²) in [6.45, 7) is 2.13. The third-order valence-corrected chi connectivity index (χ3v) is 7.01. The van der Waals surface area contributed by atoms with Crippen LogP contribution in [0.5, 0.6) is 5.75 Å². The topological polar surface area (TPSA) is 43.8 Å². The first-order valence-corrected chi connectivity index (χ1v) is 10.3. The number of amides is 1. The summed E-state index contributed by atoms with van der Waals surface area (Å²) in [5.41, 5.74) is 2.01. The molecule has 28 heavy (non-hydrogen) atoms. The quantitative estimate of drug-likeness (QED) is 0.881. The Kier molecular flexibility index (Phi) is 5.15. The van der Waals surface area contributed by atoms with Gasteiger partial charge in [0.15, 0.2) is 0 Å². The monoisotopic (exact) mass is 378 g/mol. The first-order valence-electron chi connectivity index (χ1n) is 10.3. The van der Waals surface area contributed by atoms with Crippen molar-refractivity contribution in [3.8, 4) is 5.75 Å². The predicted molar refractivity (Wildman–Crippen MR) is 112 cm³/mol. The number of aromatic hydroxyl groups is 1. The summed E-state index contributed by atoms with van der Waals surface area (Å²) in [5.74, 6) is 0.993. The molecule has 0 aromatic heterocycles. The van der Waals surface area contributed by atoms with Crippen LogP contribution in [-0.2, 0) is 5.41 Å². The number of benzene rings is 2. The maximum absolute atomic E-state index is 13.0. The molecule has 0 radical (unpaired) electrons. The highest BCUT2D eigenvalue weighted by Gasteiger charge is 2.48. The van der Waals surface area contributed by atoms with Gasteiger partial charge in [0.05, 0.1) is 0 Å². The second-order valence-corrected chi connectivity index (χ2v) is 8.63. The Morgan fingerprint density at radius 3 is 2.68 bits per heavy atom. The van der Waals surface area contributed by atoms with Gasteiger partial charge in [-0.2, -0.15) is 0 Å². The molecule has 1 amide bonds. The molecule has 3 unspecified atom stereocenters. The fourth-order valence-electron chi connectivity index (χ4n) is 5.38. The Morgan fingerprint density at radius 1 is 1.14 bits per heavy atom. The second-order valence-electron chi connectivity index (χ2n) is 8.63. The highest BCUT2D eigenvalue weighted by atomic mass is 16.3. The van der Waals surface area contributed by atoms with E-state index in [1.807, 2.05) is 54.4 Å². The van der Waals surface area contributed by atoms with Crippen LogP contribution < -0.4 is 0 Å². The van der Waals surface area contributed by atoms with Crippen molar-refractivity contribution in [2.45, 2.75) is 37.1 Å². The molecule has 2 aliphatic rings. The third-order valence-electron chi connectivity index (χ3n) is 7.01. The number of hydrogen-bond acceptors (Lipinski definition) is 3. The smallest absolute Gasteiger partial charge is 0.253 e. The van der Waals surface area contributed by atoms with E-state index in [2.05, 4.69) is 18.0 Å². The maximum Gasteiger partial charge on any atom is 0.253 e. The summed E-state index contributed by atoms with van der Waals surface area (Å²) in [6, 6.07) is 17.6. The molecule has 1 aliphatic heterocycles. The minimum absolute atomic E-state index is 0.0272. The maximum atomic E-state index is 13.0. The van der Waals surface area contributed by atoms with Crippen molar-refractivity contribution >= 4 is 5.91 Å². The van der Waals surface area contributed by atoms with E-state index in [-0.39, 0.29) is 17.4 Å². The minimum Gasteiger partial charge on any atom is -0.508 e. The molecule has 148 valence electrons. The molecule has 4 rings (SSSR count). The summed E-state index contributed by atoms with van der Waals surface area (Å²) in [7, 11) is 4.15. The fourth-order valence-corrected chi connectivity index (χ4v) is 5.38. The lowest BCUT2D eigenvalue weighted by atomic mass is 9.58. The van der Waals surface area contributed by atoms with E-state index in [9.17, 15) is 9.90 Å². The van der Waals surface area contributed by atoms with Gasteiger partial charge in [0.2, 0.25) is 0 Å². The number of phenolic OH excluding ortho intramolecular Hbond substituents is 1. The molecule has 2 aromatic rings. The zero-order valence-corrected chi connectivity index (χ0v) is 16.8. The molecular weight excluding hydrogens is 348 g/mol. The zero-order chi connectivity index (χ0) is 19.7. The highest BCUT2D eigenvalue weighted by molar-refractivity contribution is 5.94. The van der Waals surface area contributed by atoms with Crippen molar-refractivity contribution < 1.29 is 9.90 Å². The molecule has 4 nitrogen and oxygen atoms in total. The Bertz CT molecular complexity index is 838. The van der Waals surface area contributed by atoms with Crippen LogP contribution in [0.4, 0.5) is 0 Å². The average molecular weight is 379 g/mol. The summed E-state index contributed by atoms with van der Waals surface area (Å²) in [4.78, 5) is 17.4. The van der Waals surface area contributed by atoms with Gasteiger partial charge in [-0.3, -0.25) is 4.79 Å². The van der Waals surface area contributed by atoms with Crippen LogP contribution in [0.15, 0.2) is 54.6 Å². The molecule has 3 atom stereocenters. The SMILES string of the molecule is CN1CCC2(c3cccc(O)c3)CC(N(C)C(=O)c3ccccc3)CCC2C1. The lowest BCUT2D eigenvalue weighted by Gasteiger charge is -2.53. The van der Waals surface area contributed by atoms with Crippen LogP contribution >= 0.6 is 0 Å². The standard InChI is InChI=1S/C24H30N2O2/c1-25-14-13-24(19-9-6-10-22(27)15-19)16-21(12-11-20(24)17-25)26(2)23(28)18-7-4-3-5-8-18/h3-10,15,20-21,27H,11-14,16-17H2,1-2H3. The lowest BCUT2D eigenvalue weighted by Crippen LogP contribution is -2.55. The van der Waals surface area contributed by atoms with Gasteiger partial charge < -0.3 is 14.9 Å². The van der Waals surface area contributed by atoms with E-state index in [1.54, 1.807) is 6.07 Å². The number of piperidine rings is 1. The van der Waals surface area contributed by atoms with Crippen LogP contribution in [0.3, 0.4) is 0 Å². The van der Waals surface area contributed by atoms with E-state index in [1.165, 1.54) is 5.56 Å². The van der Waals surface area contributed by atoms with Gasteiger partial charge >= 0.3 is 0 Å². The Hall–Kier alpha value is -2.33. The third kappa shape index (κ3) is 3.42. The lowest BCUT2D eigenvalue weighted by molar-refractivity contribution is 0.0259. The Morgan fingerprint density at radius 2 is 1.93 bits per heavy atom. The van der Waals surface area contributed by atoms with Crippen LogP contribution in [0, 0.1) is 5.92 Å². The van der Waals surface area contributed by atoms with Gasteiger partial charge in [-0.05, 0) is 75.0 Å². The van der Waals surface area contributed by atoms with E-state index in [4.69, 9.17) is 0 Å². The van der Waals surface area contributed by atoms with E-state index in [0.717, 1.165) is 44.3 Å². The van der Waals surface area contributed by atoms with Crippen LogP contribution in [-0.4, -0.2) is 54.0 Å². The molecule has 1 saturated heterocycles. The van der Waals surface area contributed by atoms with E-state index < -0.39 is 0 Å². The van der Waals surface area contributed by atoms with Crippen molar-refractivity contribution in [1.82, 2.24) is 9.80 Å². The van der Waals surface area contributed by atoms with Crippen molar-refractivity contribution in [1.29, 1.82) is 0 Å². The molecule has 1 heterocycles. The Balaban J connectivity index is 1.64. The van der Waals surface area contributed by atoms with Gasteiger partial charge in [0.1, 0.15) is 5.75 Å². The fraction of sp³-hybridized carbons (Fsp3) is 0.458. The van der Waals surface area contributed by atoms with Crippen LogP contribution in [0.1, 0.15) is 41.6 Å². The number of rotatable bonds is 3. The second kappa shape index (κ2) is 7.59. The van der Waals surface area contributed by atoms with Gasteiger partial charge in [0, 0.05) is 30.6 Å². The van der Waals surface area contributed by atoms with Crippen molar-refractivity contribution in [2.75, 3.05) is 27.2 Å². The first kappa shape index (κ1) is 19.0. The molecule has 4 heteroatoms. The molecule has 2 fully saturated rings. The summed E-state index contributed by atoms with van der Waals surface area (Å²) < 4.78 is 0. The number of hydrogen-bond donors (Lipinski definition) is 1. The van der Waals surface area contributed by atoms with Gasteiger partial charge in [-0.15, -0.1) is 0 Å². The zero-order valence-electron chi connectivity index (χ0n) is 16.8. The van der Waals surface area contributed by atoms with Gasteiger partial charge in [-0.1, -0.05) is 30.3 Å². The summed E-state index contributed by atoms with van der Waals surface area (Å²) in [6.07, 6.45) is 4.18. The normalized spacial score (nSPS) is 27.8. The molecule has 2 aromatic carbocycles. The molecule has 1 aliphatic carbocycles. The van der Waals surface area contributed by atoms with Crippen LogP contribution in [0.2, 0.25) is 0 Å². The Labute approximate surface area is 167 Å². The number of nitrogens with zero attached hydrogens (tertiary/aromatic N) is 2. The van der Waals surface area contributed by atoms with Crippen molar-refractivity contribution in [3.05, 3.63) is 65.7 Å². The van der Waals surface area contributed by atoms with Crippen molar-refractivity contribution in [3.63, 3.8) is 0 Å². The molecule has 0 spiro atoms. The molecule has 1 saturated carbocycles. The van der Waals surface area contributed by atoms with E-state index >= 15 is 0 Å². The minimum atomic E-state index is 0.0272. The number of phenols is 1. The van der Waals surface area contributed by atoms with Crippen LogP contribution in [0.25, 0.3) is 0 Å². The highest BCUT2D eigenvalue weighted by Crippen LogP contribution is 2.50. The molecule has 1 N–H and O–H groups in total. The van der Waals surface area contributed by atoms with Gasteiger partial charge in [-0.25, -0.2) is 0 Å². The van der Waals surface area contributed by atoms with E-state index in [0.29, 0.717) is 11.7 Å². The molecular formula is C24H30N2O2. The number of fused-ring (bicyclic) bond motifs is 1. The number of carbonyl (C=O) groups excluding carboxylic acids is 1. The number of carbonyl (C=O) groups is 1. The first-order chi connectivity index (χ1) is 13.5. The molecule has 0 bridgehead atoms.